The number of hydrogen-bond donors (Lipinski definition) is 1. The van der Waals surface area contributed by atoms with Crippen LogP contribution in [0.4, 0.5) is 0 Å². The summed E-state index contributed by atoms with van der Waals surface area (Å²) in [6, 6.07) is 4.02. The number of aryl methyl sites for hydroxylation is 3. The van der Waals surface area contributed by atoms with E-state index in [1.165, 1.54) is 0 Å². The Kier molecular flexibility index (Phi) is 3.72. The van der Waals surface area contributed by atoms with Crippen LogP contribution < -0.4 is 5.32 Å². The molecule has 1 N–H and O–H groups in total. The smallest absolute Gasteiger partial charge is 0.251 e. The zero-order valence-corrected chi connectivity index (χ0v) is 11.4. The first-order valence-electron chi connectivity index (χ1n) is 6.19. The summed E-state index contributed by atoms with van der Waals surface area (Å²) < 4.78 is 1.79. The molecule has 2 aromatic rings. The van der Waals surface area contributed by atoms with E-state index in [2.05, 4.69) is 27.3 Å². The van der Waals surface area contributed by atoms with Gasteiger partial charge in [0.05, 0.1) is 11.4 Å². The molecule has 0 bridgehead atoms. The van der Waals surface area contributed by atoms with Gasteiger partial charge in [0.1, 0.15) is 0 Å². The minimum Gasteiger partial charge on any atom is -0.311 e. The third-order valence-electron chi connectivity index (χ3n) is 2.65. The number of nitrogens with one attached hydrogen (secondary N) is 1. The van der Waals surface area contributed by atoms with Crippen molar-refractivity contribution in [3.63, 3.8) is 0 Å². The molecule has 0 atom stereocenters. The predicted molar refractivity (Wildman–Crippen MR) is 70.7 cm³/mol. The number of nitrogens with zero attached hydrogens (tertiary/aromatic N) is 4. The van der Waals surface area contributed by atoms with Gasteiger partial charge in [-0.25, -0.2) is 14.6 Å². The van der Waals surface area contributed by atoms with Gasteiger partial charge in [-0.15, -0.1) is 0 Å². The van der Waals surface area contributed by atoms with Crippen LogP contribution in [0.5, 0.6) is 0 Å². The lowest BCUT2D eigenvalue weighted by molar-refractivity contribution is 0.690. The maximum absolute atomic E-state index is 4.54. The monoisotopic (exact) mass is 245 g/mol. The summed E-state index contributed by atoms with van der Waals surface area (Å²) in [5.41, 5.74) is 3.98. The first-order valence-corrected chi connectivity index (χ1v) is 6.19. The van der Waals surface area contributed by atoms with Gasteiger partial charge in [-0.05, 0) is 39.4 Å². The molecule has 0 saturated heterocycles. The summed E-state index contributed by atoms with van der Waals surface area (Å²) >= 11 is 0. The molecule has 0 aliphatic heterocycles. The van der Waals surface area contributed by atoms with Gasteiger partial charge in [0.2, 0.25) is 0 Å². The Labute approximate surface area is 107 Å². The molecule has 0 unspecified atom stereocenters. The molecule has 0 fully saturated rings. The molecule has 0 aliphatic carbocycles. The highest BCUT2D eigenvalue weighted by Crippen LogP contribution is 2.09. The number of rotatable bonds is 4. The van der Waals surface area contributed by atoms with E-state index in [0.717, 1.165) is 35.9 Å². The summed E-state index contributed by atoms with van der Waals surface area (Å²) in [7, 11) is 0. The van der Waals surface area contributed by atoms with Crippen molar-refractivity contribution in [3.05, 3.63) is 34.9 Å². The highest BCUT2D eigenvalue weighted by Gasteiger charge is 2.08. The van der Waals surface area contributed by atoms with E-state index >= 15 is 0 Å². The molecule has 0 saturated carbocycles. The minimum atomic E-state index is 0.647. The van der Waals surface area contributed by atoms with Gasteiger partial charge in [0, 0.05) is 17.9 Å². The lowest BCUT2D eigenvalue weighted by atomic mass is 10.3. The molecule has 0 spiro atoms. The van der Waals surface area contributed by atoms with Crippen molar-refractivity contribution < 1.29 is 0 Å². The van der Waals surface area contributed by atoms with E-state index in [-0.39, 0.29) is 0 Å². The molecule has 5 heteroatoms. The maximum Gasteiger partial charge on any atom is 0.251 e. The van der Waals surface area contributed by atoms with Crippen LogP contribution in [-0.2, 0) is 6.54 Å². The maximum atomic E-state index is 4.54. The van der Waals surface area contributed by atoms with Gasteiger partial charge >= 0.3 is 0 Å². The van der Waals surface area contributed by atoms with Crippen molar-refractivity contribution in [2.24, 2.45) is 0 Å². The van der Waals surface area contributed by atoms with E-state index in [1.54, 1.807) is 4.68 Å². The van der Waals surface area contributed by atoms with Crippen LogP contribution in [0.2, 0.25) is 0 Å². The van der Waals surface area contributed by atoms with Gasteiger partial charge in [-0.3, -0.25) is 0 Å². The molecule has 2 rings (SSSR count). The molecular formula is C13H19N5. The van der Waals surface area contributed by atoms with Crippen molar-refractivity contribution in [2.75, 3.05) is 6.54 Å². The van der Waals surface area contributed by atoms with Crippen LogP contribution in [0.25, 0.3) is 5.95 Å². The number of aromatic nitrogens is 4. The highest BCUT2D eigenvalue weighted by molar-refractivity contribution is 5.22. The molecular weight excluding hydrogens is 226 g/mol. The minimum absolute atomic E-state index is 0.647. The normalized spacial score (nSPS) is 10.9. The molecule has 0 aromatic carbocycles. The predicted octanol–water partition coefficient (Wildman–Crippen LogP) is 1.70. The average Bonchev–Trinajstić information content (AvgIpc) is 2.65. The van der Waals surface area contributed by atoms with Gasteiger partial charge in [0.15, 0.2) is 0 Å². The number of hydrogen-bond acceptors (Lipinski definition) is 4. The zero-order chi connectivity index (χ0) is 13.1. The summed E-state index contributed by atoms with van der Waals surface area (Å²) in [6.45, 7) is 9.72. The molecule has 0 amide bonds. The van der Waals surface area contributed by atoms with Crippen LogP contribution in [0.15, 0.2) is 12.1 Å². The fourth-order valence-electron chi connectivity index (χ4n) is 1.89. The van der Waals surface area contributed by atoms with Crippen LogP contribution in [0.1, 0.15) is 29.7 Å². The summed E-state index contributed by atoms with van der Waals surface area (Å²) in [5.74, 6) is 0.647. The van der Waals surface area contributed by atoms with Crippen molar-refractivity contribution in [2.45, 2.75) is 34.2 Å². The fourth-order valence-corrected chi connectivity index (χ4v) is 1.89. The Morgan fingerprint density at radius 3 is 2.50 bits per heavy atom. The first-order chi connectivity index (χ1) is 8.60. The van der Waals surface area contributed by atoms with E-state index in [9.17, 15) is 0 Å². The molecule has 0 aliphatic rings. The van der Waals surface area contributed by atoms with Gasteiger partial charge in [-0.1, -0.05) is 6.92 Å². The fraction of sp³-hybridized carbons (Fsp3) is 0.462. The summed E-state index contributed by atoms with van der Waals surface area (Å²) in [6.07, 6.45) is 0. The van der Waals surface area contributed by atoms with Crippen LogP contribution >= 0.6 is 0 Å². The molecule has 18 heavy (non-hydrogen) atoms. The van der Waals surface area contributed by atoms with Gasteiger partial charge in [-0.2, -0.15) is 5.10 Å². The van der Waals surface area contributed by atoms with Crippen molar-refractivity contribution >= 4 is 0 Å². The Bertz CT molecular complexity index is 544. The van der Waals surface area contributed by atoms with E-state index in [1.807, 2.05) is 32.9 Å². The van der Waals surface area contributed by atoms with Crippen LogP contribution in [0, 0.1) is 20.8 Å². The Morgan fingerprint density at radius 2 is 1.89 bits per heavy atom. The standard InChI is InChI=1S/C13H19N5/c1-5-14-8-12-7-9(2)15-13(16-12)18-11(4)6-10(3)17-18/h6-7,14H,5,8H2,1-4H3. The molecule has 96 valence electrons. The zero-order valence-electron chi connectivity index (χ0n) is 11.4. The topological polar surface area (TPSA) is 55.6 Å². The first kappa shape index (κ1) is 12.7. The highest BCUT2D eigenvalue weighted by atomic mass is 15.4. The largest absolute Gasteiger partial charge is 0.311 e. The van der Waals surface area contributed by atoms with Crippen molar-refractivity contribution in [1.29, 1.82) is 0 Å². The summed E-state index contributed by atoms with van der Waals surface area (Å²) in [4.78, 5) is 8.99. The molecule has 2 aromatic heterocycles. The van der Waals surface area contributed by atoms with E-state index < -0.39 is 0 Å². The van der Waals surface area contributed by atoms with E-state index in [4.69, 9.17) is 0 Å². The van der Waals surface area contributed by atoms with Crippen LogP contribution in [-0.4, -0.2) is 26.3 Å². The second-order valence-corrected chi connectivity index (χ2v) is 4.42. The molecule has 0 radical (unpaired) electrons. The second kappa shape index (κ2) is 5.27. The second-order valence-electron chi connectivity index (χ2n) is 4.42. The quantitative estimate of drug-likeness (QED) is 0.890. The SMILES string of the molecule is CCNCc1cc(C)nc(-n2nc(C)cc2C)n1. The van der Waals surface area contributed by atoms with Crippen molar-refractivity contribution in [1.82, 2.24) is 25.1 Å². The molecule has 5 nitrogen and oxygen atoms in total. The lowest BCUT2D eigenvalue weighted by Gasteiger charge is -2.07. The Balaban J connectivity index is 2.38. The average molecular weight is 245 g/mol. The van der Waals surface area contributed by atoms with Crippen molar-refractivity contribution in [3.8, 4) is 5.95 Å². The summed E-state index contributed by atoms with van der Waals surface area (Å²) in [5, 5.41) is 7.68. The third-order valence-corrected chi connectivity index (χ3v) is 2.65. The Morgan fingerprint density at radius 1 is 1.11 bits per heavy atom. The van der Waals surface area contributed by atoms with Gasteiger partial charge in [0.25, 0.3) is 5.95 Å². The van der Waals surface area contributed by atoms with Gasteiger partial charge < -0.3 is 5.32 Å². The third kappa shape index (κ3) is 2.73. The molecule has 2 heterocycles. The van der Waals surface area contributed by atoms with Crippen LogP contribution in [0.3, 0.4) is 0 Å². The lowest BCUT2D eigenvalue weighted by Crippen LogP contribution is -2.15. The van der Waals surface area contributed by atoms with E-state index in [0.29, 0.717) is 5.95 Å². The Hall–Kier alpha value is -1.75.